The molecule has 1 fully saturated rings. The summed E-state index contributed by atoms with van der Waals surface area (Å²) in [4.78, 5) is 5.62. The summed E-state index contributed by atoms with van der Waals surface area (Å²) in [6, 6.07) is 0.713. The largest absolute Gasteiger partial charge is 0.317 e. The van der Waals surface area contributed by atoms with E-state index < -0.39 is 0 Å². The molecule has 0 bridgehead atoms. The summed E-state index contributed by atoms with van der Waals surface area (Å²) in [5, 5.41) is 3.50. The van der Waals surface area contributed by atoms with E-state index in [1.165, 1.54) is 37.0 Å². The normalized spacial score (nSPS) is 30.5. The van der Waals surface area contributed by atoms with Crippen molar-refractivity contribution in [2.75, 3.05) is 7.05 Å². The molecule has 1 aromatic rings. The van der Waals surface area contributed by atoms with Crippen LogP contribution in [0.5, 0.6) is 0 Å². The molecule has 1 aliphatic carbocycles. The van der Waals surface area contributed by atoms with Gasteiger partial charge in [0, 0.05) is 17.1 Å². The predicted molar refractivity (Wildman–Crippen MR) is 69.8 cm³/mol. The fourth-order valence-electron chi connectivity index (χ4n) is 2.94. The molecule has 0 radical (unpaired) electrons. The zero-order valence-electron chi connectivity index (χ0n) is 10.3. The van der Waals surface area contributed by atoms with Gasteiger partial charge in [0.2, 0.25) is 0 Å². The molecule has 0 aromatic carbocycles. The first kappa shape index (κ1) is 12.1. The van der Waals surface area contributed by atoms with Crippen LogP contribution in [0.4, 0.5) is 0 Å². The van der Waals surface area contributed by atoms with Crippen molar-refractivity contribution >= 4 is 11.3 Å². The second-order valence-electron chi connectivity index (χ2n) is 4.91. The maximum Gasteiger partial charge on any atom is 0.0794 e. The molecule has 1 N–H and O–H groups in total. The lowest BCUT2D eigenvalue weighted by atomic mass is 9.75. The van der Waals surface area contributed by atoms with Crippen LogP contribution in [0, 0.1) is 11.8 Å². The lowest BCUT2D eigenvalue weighted by Gasteiger charge is -2.35. The van der Waals surface area contributed by atoms with Gasteiger partial charge in [0.25, 0.3) is 0 Å². The number of nitrogens with one attached hydrogen (secondary N) is 1. The molecule has 1 aliphatic rings. The fraction of sp³-hybridized carbons (Fsp3) is 0.769. The molecule has 0 spiro atoms. The van der Waals surface area contributed by atoms with Crippen molar-refractivity contribution < 1.29 is 0 Å². The van der Waals surface area contributed by atoms with E-state index in [1.807, 2.05) is 11.7 Å². The smallest absolute Gasteiger partial charge is 0.0794 e. The van der Waals surface area contributed by atoms with Crippen molar-refractivity contribution in [3.63, 3.8) is 0 Å². The molecule has 1 saturated carbocycles. The molecular weight excluding hydrogens is 216 g/mol. The topological polar surface area (TPSA) is 24.9 Å². The Morgan fingerprint density at radius 3 is 3.00 bits per heavy atom. The molecule has 0 saturated heterocycles. The summed E-state index contributed by atoms with van der Waals surface area (Å²) in [6.07, 6.45) is 8.73. The quantitative estimate of drug-likeness (QED) is 0.872. The van der Waals surface area contributed by atoms with E-state index in [0.717, 1.165) is 11.8 Å². The van der Waals surface area contributed by atoms with Crippen LogP contribution in [0.15, 0.2) is 11.7 Å². The predicted octanol–water partition coefficient (Wildman–Crippen LogP) is 3.10. The van der Waals surface area contributed by atoms with E-state index in [9.17, 15) is 0 Å². The van der Waals surface area contributed by atoms with E-state index in [2.05, 4.69) is 24.3 Å². The Morgan fingerprint density at radius 1 is 1.50 bits per heavy atom. The Balaban J connectivity index is 1.97. The van der Waals surface area contributed by atoms with Crippen molar-refractivity contribution in [1.82, 2.24) is 10.3 Å². The van der Waals surface area contributed by atoms with E-state index in [4.69, 9.17) is 0 Å². The van der Waals surface area contributed by atoms with Crippen LogP contribution in [0.25, 0.3) is 0 Å². The maximum atomic E-state index is 4.18. The lowest BCUT2D eigenvalue weighted by molar-refractivity contribution is 0.206. The standard InChI is InChI=1S/C13H22N2S/c1-3-10-4-5-13(14-2)11(6-10)7-12-8-15-9-16-12/h8-11,13-14H,3-7H2,1-2H3. The number of thiazole rings is 1. The molecule has 0 aliphatic heterocycles. The van der Waals surface area contributed by atoms with Crippen LogP contribution in [-0.4, -0.2) is 18.1 Å². The molecule has 2 rings (SSSR count). The number of rotatable bonds is 4. The van der Waals surface area contributed by atoms with Gasteiger partial charge in [0.15, 0.2) is 0 Å². The van der Waals surface area contributed by atoms with Crippen molar-refractivity contribution in [2.45, 2.75) is 45.1 Å². The molecule has 1 aromatic heterocycles. The van der Waals surface area contributed by atoms with Gasteiger partial charge in [-0.3, -0.25) is 4.98 Å². The highest BCUT2D eigenvalue weighted by Crippen LogP contribution is 2.33. The van der Waals surface area contributed by atoms with Crippen LogP contribution in [0.1, 0.15) is 37.5 Å². The van der Waals surface area contributed by atoms with Crippen molar-refractivity contribution in [3.8, 4) is 0 Å². The minimum atomic E-state index is 0.713. The van der Waals surface area contributed by atoms with Gasteiger partial charge in [-0.25, -0.2) is 0 Å². The molecule has 1 heterocycles. The Morgan fingerprint density at radius 2 is 2.38 bits per heavy atom. The van der Waals surface area contributed by atoms with E-state index in [-0.39, 0.29) is 0 Å². The molecule has 16 heavy (non-hydrogen) atoms. The van der Waals surface area contributed by atoms with Crippen molar-refractivity contribution in [3.05, 3.63) is 16.6 Å². The first-order chi connectivity index (χ1) is 7.83. The Bertz CT molecular complexity index is 297. The Hall–Kier alpha value is -0.410. The molecule has 90 valence electrons. The van der Waals surface area contributed by atoms with Gasteiger partial charge in [-0.1, -0.05) is 13.3 Å². The third-order valence-corrected chi connectivity index (χ3v) is 4.79. The monoisotopic (exact) mass is 238 g/mol. The third-order valence-electron chi connectivity index (χ3n) is 3.99. The third kappa shape index (κ3) is 2.83. The highest BCUT2D eigenvalue weighted by molar-refractivity contribution is 7.09. The van der Waals surface area contributed by atoms with Gasteiger partial charge < -0.3 is 5.32 Å². The summed E-state index contributed by atoms with van der Waals surface area (Å²) >= 11 is 1.80. The molecule has 2 nitrogen and oxygen atoms in total. The van der Waals surface area contributed by atoms with Crippen LogP contribution in [0.2, 0.25) is 0 Å². The molecular formula is C13H22N2S. The fourth-order valence-corrected chi connectivity index (χ4v) is 3.63. The van der Waals surface area contributed by atoms with Crippen LogP contribution in [-0.2, 0) is 6.42 Å². The highest BCUT2D eigenvalue weighted by Gasteiger charge is 2.28. The van der Waals surface area contributed by atoms with Crippen LogP contribution in [0.3, 0.4) is 0 Å². The molecule has 3 atom stereocenters. The molecule has 0 amide bonds. The summed E-state index contributed by atoms with van der Waals surface area (Å²) < 4.78 is 0. The number of hydrogen-bond donors (Lipinski definition) is 1. The number of nitrogens with zero attached hydrogens (tertiary/aromatic N) is 1. The minimum Gasteiger partial charge on any atom is -0.317 e. The second-order valence-corrected chi connectivity index (χ2v) is 5.89. The van der Waals surface area contributed by atoms with Gasteiger partial charge in [-0.15, -0.1) is 11.3 Å². The molecule has 3 heteroatoms. The van der Waals surface area contributed by atoms with E-state index >= 15 is 0 Å². The first-order valence-electron chi connectivity index (χ1n) is 6.38. The zero-order chi connectivity index (χ0) is 11.4. The summed E-state index contributed by atoms with van der Waals surface area (Å²) in [5.41, 5.74) is 1.95. The number of hydrogen-bond acceptors (Lipinski definition) is 3. The first-order valence-corrected chi connectivity index (χ1v) is 7.26. The minimum absolute atomic E-state index is 0.713. The number of aromatic nitrogens is 1. The maximum absolute atomic E-state index is 4.18. The average molecular weight is 238 g/mol. The van der Waals surface area contributed by atoms with Gasteiger partial charge in [-0.2, -0.15) is 0 Å². The summed E-state index contributed by atoms with van der Waals surface area (Å²) in [5.74, 6) is 1.76. The van der Waals surface area contributed by atoms with E-state index in [0.29, 0.717) is 6.04 Å². The Kier molecular flexibility index (Phi) is 4.36. The van der Waals surface area contributed by atoms with Crippen LogP contribution >= 0.6 is 11.3 Å². The van der Waals surface area contributed by atoms with Gasteiger partial charge in [0.1, 0.15) is 0 Å². The zero-order valence-corrected chi connectivity index (χ0v) is 11.1. The van der Waals surface area contributed by atoms with Gasteiger partial charge >= 0.3 is 0 Å². The van der Waals surface area contributed by atoms with Crippen molar-refractivity contribution in [2.24, 2.45) is 11.8 Å². The highest BCUT2D eigenvalue weighted by atomic mass is 32.1. The second kappa shape index (κ2) is 5.78. The van der Waals surface area contributed by atoms with E-state index in [1.54, 1.807) is 11.3 Å². The Labute approximate surface area is 102 Å². The van der Waals surface area contributed by atoms with Crippen LogP contribution < -0.4 is 5.32 Å². The van der Waals surface area contributed by atoms with Gasteiger partial charge in [0.05, 0.1) is 5.51 Å². The summed E-state index contributed by atoms with van der Waals surface area (Å²) in [7, 11) is 2.11. The molecule has 3 unspecified atom stereocenters. The average Bonchev–Trinajstić information content (AvgIpc) is 2.82. The van der Waals surface area contributed by atoms with Gasteiger partial charge in [-0.05, 0) is 44.6 Å². The SMILES string of the molecule is CCC1CCC(NC)C(Cc2cncs2)C1. The van der Waals surface area contributed by atoms with Crippen molar-refractivity contribution in [1.29, 1.82) is 0 Å². The lowest BCUT2D eigenvalue weighted by Crippen LogP contribution is -2.39. The summed E-state index contributed by atoms with van der Waals surface area (Å²) in [6.45, 7) is 2.33.